The lowest BCUT2D eigenvalue weighted by molar-refractivity contribution is 0.00197. The first-order valence-electron chi connectivity index (χ1n) is 8.03. The minimum atomic E-state index is 0.697. The van der Waals surface area contributed by atoms with Crippen LogP contribution in [-0.2, 0) is 4.74 Å². The van der Waals surface area contributed by atoms with E-state index in [-0.39, 0.29) is 0 Å². The van der Waals surface area contributed by atoms with Gasteiger partial charge in [0.05, 0.1) is 12.2 Å². The monoisotopic (exact) mass is 234 g/mol. The van der Waals surface area contributed by atoms with Crippen molar-refractivity contribution in [3.63, 3.8) is 0 Å². The Hall–Kier alpha value is -0.0400. The van der Waals surface area contributed by atoms with Crippen molar-refractivity contribution in [1.82, 2.24) is 0 Å². The molecule has 0 N–H and O–H groups in total. The van der Waals surface area contributed by atoms with E-state index in [1.54, 1.807) is 25.7 Å². The zero-order chi connectivity index (χ0) is 11.3. The summed E-state index contributed by atoms with van der Waals surface area (Å²) in [6.45, 7) is 0. The van der Waals surface area contributed by atoms with Gasteiger partial charge in [0.25, 0.3) is 0 Å². The maximum Gasteiger partial charge on any atom is 0.0844 e. The van der Waals surface area contributed by atoms with Gasteiger partial charge < -0.3 is 4.74 Å². The first-order chi connectivity index (χ1) is 8.37. The number of ether oxygens (including phenoxy) is 1. The molecule has 1 saturated heterocycles. The maximum absolute atomic E-state index is 5.65. The predicted octanol–water partition coefficient (Wildman–Crippen LogP) is 4.30. The van der Waals surface area contributed by atoms with Crippen LogP contribution >= 0.6 is 0 Å². The van der Waals surface area contributed by atoms with E-state index in [0.717, 1.165) is 17.3 Å². The zero-order valence-corrected chi connectivity index (χ0v) is 11.0. The van der Waals surface area contributed by atoms with E-state index in [4.69, 9.17) is 4.74 Å². The molecule has 1 heterocycles. The SMILES string of the molecule is C1CCC2(CC1)CCCCC2C1CC2OC2C1. The highest BCUT2D eigenvalue weighted by Crippen LogP contribution is 2.58. The Morgan fingerprint density at radius 1 is 0.765 bits per heavy atom. The van der Waals surface area contributed by atoms with Gasteiger partial charge in [-0.15, -0.1) is 0 Å². The van der Waals surface area contributed by atoms with Gasteiger partial charge in [-0.25, -0.2) is 0 Å². The molecule has 1 aliphatic heterocycles. The summed E-state index contributed by atoms with van der Waals surface area (Å²) in [4.78, 5) is 0. The van der Waals surface area contributed by atoms with Crippen molar-refractivity contribution in [2.45, 2.75) is 82.8 Å². The van der Waals surface area contributed by atoms with Crippen LogP contribution < -0.4 is 0 Å². The fraction of sp³-hybridized carbons (Fsp3) is 1.00. The van der Waals surface area contributed by atoms with E-state index in [2.05, 4.69) is 0 Å². The van der Waals surface area contributed by atoms with Crippen LogP contribution in [0.4, 0.5) is 0 Å². The molecule has 0 bridgehead atoms. The lowest BCUT2D eigenvalue weighted by atomic mass is 9.56. The molecule has 96 valence electrons. The van der Waals surface area contributed by atoms with E-state index in [1.165, 1.54) is 44.9 Å². The third-order valence-corrected chi connectivity index (χ3v) is 6.40. The van der Waals surface area contributed by atoms with E-state index in [1.807, 2.05) is 0 Å². The summed E-state index contributed by atoms with van der Waals surface area (Å²) in [7, 11) is 0. The molecule has 3 saturated carbocycles. The Balaban J connectivity index is 1.53. The second-order valence-corrected chi connectivity index (χ2v) is 7.22. The summed E-state index contributed by atoms with van der Waals surface area (Å²) in [5.74, 6) is 2.12. The van der Waals surface area contributed by atoms with Gasteiger partial charge in [0.15, 0.2) is 0 Å². The van der Waals surface area contributed by atoms with E-state index < -0.39 is 0 Å². The first kappa shape index (κ1) is 10.8. The molecule has 3 aliphatic carbocycles. The van der Waals surface area contributed by atoms with Crippen LogP contribution in [0.3, 0.4) is 0 Å². The van der Waals surface area contributed by atoms with Gasteiger partial charge in [0.2, 0.25) is 0 Å². The predicted molar refractivity (Wildman–Crippen MR) is 68.9 cm³/mol. The average molecular weight is 234 g/mol. The van der Waals surface area contributed by atoms with Crippen LogP contribution in [0.25, 0.3) is 0 Å². The molecule has 1 spiro atoms. The minimum absolute atomic E-state index is 0.697. The summed E-state index contributed by atoms with van der Waals surface area (Å²) < 4.78 is 5.65. The van der Waals surface area contributed by atoms with Crippen molar-refractivity contribution in [3.8, 4) is 0 Å². The molecule has 3 atom stereocenters. The third kappa shape index (κ3) is 1.77. The fourth-order valence-corrected chi connectivity index (χ4v) is 5.56. The van der Waals surface area contributed by atoms with Gasteiger partial charge in [-0.1, -0.05) is 32.1 Å². The van der Waals surface area contributed by atoms with Crippen molar-refractivity contribution in [3.05, 3.63) is 0 Å². The summed E-state index contributed by atoms with van der Waals surface area (Å²) >= 11 is 0. The highest BCUT2D eigenvalue weighted by atomic mass is 16.6. The molecule has 4 aliphatic rings. The van der Waals surface area contributed by atoms with Gasteiger partial charge in [-0.3, -0.25) is 0 Å². The van der Waals surface area contributed by atoms with Crippen LogP contribution in [0, 0.1) is 17.3 Å². The van der Waals surface area contributed by atoms with Crippen LogP contribution in [-0.4, -0.2) is 12.2 Å². The van der Waals surface area contributed by atoms with Crippen molar-refractivity contribution in [2.75, 3.05) is 0 Å². The molecule has 1 nitrogen and oxygen atoms in total. The van der Waals surface area contributed by atoms with Gasteiger partial charge in [-0.05, 0) is 55.8 Å². The van der Waals surface area contributed by atoms with Crippen molar-refractivity contribution >= 4 is 0 Å². The molecule has 0 aromatic rings. The number of fused-ring (bicyclic) bond motifs is 1. The summed E-state index contributed by atoms with van der Waals surface area (Å²) in [6, 6.07) is 0. The quantitative estimate of drug-likeness (QED) is 0.616. The normalized spacial score (nSPS) is 48.0. The van der Waals surface area contributed by atoms with E-state index >= 15 is 0 Å². The third-order valence-electron chi connectivity index (χ3n) is 6.40. The summed E-state index contributed by atoms with van der Waals surface area (Å²) in [5, 5.41) is 0. The lowest BCUT2D eigenvalue weighted by Crippen LogP contribution is -2.39. The molecular formula is C16H26O. The van der Waals surface area contributed by atoms with Crippen molar-refractivity contribution in [2.24, 2.45) is 17.3 Å². The van der Waals surface area contributed by atoms with E-state index in [0.29, 0.717) is 12.2 Å². The van der Waals surface area contributed by atoms with Crippen LogP contribution in [0.2, 0.25) is 0 Å². The van der Waals surface area contributed by atoms with Crippen LogP contribution in [0.5, 0.6) is 0 Å². The molecule has 3 unspecified atom stereocenters. The molecule has 4 rings (SSSR count). The number of hydrogen-bond donors (Lipinski definition) is 0. The van der Waals surface area contributed by atoms with Gasteiger partial charge in [0, 0.05) is 0 Å². The summed E-state index contributed by atoms with van der Waals surface area (Å²) in [5.41, 5.74) is 0.790. The smallest absolute Gasteiger partial charge is 0.0844 e. The minimum Gasteiger partial charge on any atom is -0.370 e. The number of rotatable bonds is 1. The Morgan fingerprint density at radius 3 is 2.12 bits per heavy atom. The Kier molecular flexibility index (Phi) is 2.54. The Morgan fingerprint density at radius 2 is 1.41 bits per heavy atom. The Labute approximate surface area is 105 Å². The summed E-state index contributed by atoms with van der Waals surface area (Å²) in [6.07, 6.45) is 18.0. The van der Waals surface area contributed by atoms with Gasteiger partial charge >= 0.3 is 0 Å². The van der Waals surface area contributed by atoms with Crippen molar-refractivity contribution < 1.29 is 4.74 Å². The van der Waals surface area contributed by atoms with Crippen LogP contribution in [0.15, 0.2) is 0 Å². The molecule has 0 aromatic carbocycles. The molecule has 0 amide bonds. The topological polar surface area (TPSA) is 12.5 Å². The second-order valence-electron chi connectivity index (χ2n) is 7.22. The molecule has 0 radical (unpaired) electrons. The molecule has 0 aromatic heterocycles. The molecule has 4 fully saturated rings. The highest BCUT2D eigenvalue weighted by Gasteiger charge is 2.54. The Bertz CT molecular complexity index is 274. The fourth-order valence-electron chi connectivity index (χ4n) is 5.56. The second kappa shape index (κ2) is 3.98. The van der Waals surface area contributed by atoms with E-state index in [9.17, 15) is 0 Å². The highest BCUT2D eigenvalue weighted by molar-refractivity contribution is 5.03. The largest absolute Gasteiger partial charge is 0.370 e. The molecule has 17 heavy (non-hydrogen) atoms. The standard InChI is InChI=1S/C16H26O/c1-3-7-16(8-4-1)9-5-2-6-13(16)12-10-14-15(11-12)17-14/h12-15H,1-11H2. The number of epoxide rings is 1. The van der Waals surface area contributed by atoms with Crippen molar-refractivity contribution in [1.29, 1.82) is 0 Å². The lowest BCUT2D eigenvalue weighted by Gasteiger charge is -2.50. The first-order valence-corrected chi connectivity index (χ1v) is 8.03. The van der Waals surface area contributed by atoms with Gasteiger partial charge in [-0.2, -0.15) is 0 Å². The molecule has 1 heteroatoms. The molecular weight excluding hydrogens is 208 g/mol. The average Bonchev–Trinajstić information content (AvgIpc) is 2.98. The maximum atomic E-state index is 5.65. The van der Waals surface area contributed by atoms with Crippen LogP contribution in [0.1, 0.15) is 70.6 Å². The number of hydrogen-bond acceptors (Lipinski definition) is 1. The zero-order valence-electron chi connectivity index (χ0n) is 11.0. The van der Waals surface area contributed by atoms with Gasteiger partial charge in [0.1, 0.15) is 0 Å².